The molecule has 0 bridgehead atoms. The Balaban J connectivity index is 1.42. The van der Waals surface area contributed by atoms with Crippen LogP contribution >= 0.6 is 0 Å². The zero-order valence-electron chi connectivity index (χ0n) is 12.8. The van der Waals surface area contributed by atoms with Gasteiger partial charge < -0.3 is 19.1 Å². The molecule has 21 heavy (non-hydrogen) atoms. The monoisotopic (exact) mass is 291 g/mol. The van der Waals surface area contributed by atoms with Gasteiger partial charge in [-0.3, -0.25) is 0 Å². The summed E-state index contributed by atoms with van der Waals surface area (Å²) in [7, 11) is 1.68. The number of ether oxygens (including phenoxy) is 3. The molecule has 2 heterocycles. The second-order valence-electron chi connectivity index (χ2n) is 6.02. The van der Waals surface area contributed by atoms with Gasteiger partial charge in [-0.2, -0.15) is 0 Å². The van der Waals surface area contributed by atoms with Crippen molar-refractivity contribution in [3.63, 3.8) is 0 Å². The van der Waals surface area contributed by atoms with Crippen LogP contribution in [0.25, 0.3) is 0 Å². The number of piperidine rings is 1. The van der Waals surface area contributed by atoms with Crippen LogP contribution in [-0.2, 0) is 4.74 Å². The Morgan fingerprint density at radius 3 is 2.43 bits per heavy atom. The third-order valence-corrected chi connectivity index (χ3v) is 4.44. The van der Waals surface area contributed by atoms with Crippen LogP contribution in [0.1, 0.15) is 19.3 Å². The first kappa shape index (κ1) is 14.7. The van der Waals surface area contributed by atoms with Crippen LogP contribution in [0.15, 0.2) is 24.3 Å². The molecular weight excluding hydrogens is 266 g/mol. The molecule has 0 unspecified atom stereocenters. The van der Waals surface area contributed by atoms with Crippen LogP contribution in [0.2, 0.25) is 0 Å². The Bertz CT molecular complexity index is 420. The fourth-order valence-electron chi connectivity index (χ4n) is 3.15. The number of benzene rings is 1. The number of nitrogens with zero attached hydrogens (tertiary/aromatic N) is 1. The van der Waals surface area contributed by atoms with Crippen LogP contribution < -0.4 is 9.47 Å². The predicted molar refractivity (Wildman–Crippen MR) is 82.0 cm³/mol. The highest BCUT2D eigenvalue weighted by Crippen LogP contribution is 2.23. The van der Waals surface area contributed by atoms with E-state index >= 15 is 0 Å². The Morgan fingerprint density at radius 2 is 1.81 bits per heavy atom. The van der Waals surface area contributed by atoms with Crippen LogP contribution in [0.3, 0.4) is 0 Å². The lowest BCUT2D eigenvalue weighted by Crippen LogP contribution is -2.40. The Morgan fingerprint density at radius 1 is 1.10 bits per heavy atom. The maximum absolute atomic E-state index is 6.07. The first-order valence-electron chi connectivity index (χ1n) is 7.94. The molecule has 2 aliphatic rings. The van der Waals surface area contributed by atoms with E-state index < -0.39 is 0 Å². The Kier molecular flexibility index (Phi) is 4.99. The molecule has 2 saturated heterocycles. The van der Waals surface area contributed by atoms with Gasteiger partial charge >= 0.3 is 0 Å². The van der Waals surface area contributed by atoms with Crippen molar-refractivity contribution in [1.29, 1.82) is 0 Å². The SMILES string of the molecule is COc1ccc(OC2CCN(C[C@@H]3CCOC3)CC2)cc1. The lowest BCUT2D eigenvalue weighted by molar-refractivity contribution is 0.0880. The molecule has 0 aliphatic carbocycles. The van der Waals surface area contributed by atoms with Crippen molar-refractivity contribution in [3.05, 3.63) is 24.3 Å². The van der Waals surface area contributed by atoms with Gasteiger partial charge in [0.1, 0.15) is 17.6 Å². The fraction of sp³-hybridized carbons (Fsp3) is 0.647. The van der Waals surface area contributed by atoms with E-state index in [1.807, 2.05) is 24.3 Å². The van der Waals surface area contributed by atoms with Crippen molar-refractivity contribution >= 4 is 0 Å². The van der Waals surface area contributed by atoms with Crippen molar-refractivity contribution in [2.24, 2.45) is 5.92 Å². The molecule has 3 rings (SSSR count). The van der Waals surface area contributed by atoms with Crippen molar-refractivity contribution in [2.45, 2.75) is 25.4 Å². The third kappa shape index (κ3) is 4.11. The Hall–Kier alpha value is -1.26. The van der Waals surface area contributed by atoms with E-state index in [2.05, 4.69) is 4.90 Å². The van der Waals surface area contributed by atoms with Gasteiger partial charge in [0.2, 0.25) is 0 Å². The standard InChI is InChI=1S/C17H25NO3/c1-19-15-2-4-16(5-3-15)21-17-6-9-18(10-7-17)12-14-8-11-20-13-14/h2-5,14,17H,6-13H2,1H3/t14-/m0/s1. The van der Waals surface area contributed by atoms with Gasteiger partial charge in [-0.05, 0) is 49.4 Å². The Labute approximate surface area is 127 Å². The second-order valence-corrected chi connectivity index (χ2v) is 6.02. The summed E-state index contributed by atoms with van der Waals surface area (Å²) in [5, 5.41) is 0. The van der Waals surface area contributed by atoms with Crippen molar-refractivity contribution in [3.8, 4) is 11.5 Å². The molecule has 2 aliphatic heterocycles. The van der Waals surface area contributed by atoms with Gasteiger partial charge in [0.05, 0.1) is 13.7 Å². The number of hydrogen-bond acceptors (Lipinski definition) is 4. The summed E-state index contributed by atoms with van der Waals surface area (Å²) < 4.78 is 16.7. The topological polar surface area (TPSA) is 30.9 Å². The van der Waals surface area contributed by atoms with E-state index in [-0.39, 0.29) is 0 Å². The van der Waals surface area contributed by atoms with E-state index in [1.165, 1.54) is 13.0 Å². The van der Waals surface area contributed by atoms with Gasteiger partial charge in [0.15, 0.2) is 0 Å². The molecule has 0 spiro atoms. The summed E-state index contributed by atoms with van der Waals surface area (Å²) in [6.07, 6.45) is 3.79. The summed E-state index contributed by atoms with van der Waals surface area (Å²) in [6.45, 7) is 5.36. The van der Waals surface area contributed by atoms with Gasteiger partial charge in [-0.1, -0.05) is 0 Å². The maximum atomic E-state index is 6.07. The number of methoxy groups -OCH3 is 1. The molecular formula is C17H25NO3. The third-order valence-electron chi connectivity index (χ3n) is 4.44. The van der Waals surface area contributed by atoms with Crippen molar-refractivity contribution in [1.82, 2.24) is 4.90 Å². The first-order chi connectivity index (χ1) is 10.3. The molecule has 0 aromatic heterocycles. The number of hydrogen-bond donors (Lipinski definition) is 0. The second kappa shape index (κ2) is 7.14. The largest absolute Gasteiger partial charge is 0.497 e. The molecule has 0 amide bonds. The molecule has 0 radical (unpaired) electrons. The lowest BCUT2D eigenvalue weighted by Gasteiger charge is -2.33. The molecule has 4 nitrogen and oxygen atoms in total. The van der Waals surface area contributed by atoms with Gasteiger partial charge in [0.25, 0.3) is 0 Å². The van der Waals surface area contributed by atoms with E-state index in [9.17, 15) is 0 Å². The van der Waals surface area contributed by atoms with Gasteiger partial charge in [0, 0.05) is 26.2 Å². The highest BCUT2D eigenvalue weighted by atomic mass is 16.5. The molecule has 0 N–H and O–H groups in total. The highest BCUT2D eigenvalue weighted by Gasteiger charge is 2.24. The van der Waals surface area contributed by atoms with Crippen LogP contribution in [0.4, 0.5) is 0 Å². The molecule has 0 saturated carbocycles. The summed E-state index contributed by atoms with van der Waals surface area (Å²) in [5.41, 5.74) is 0. The van der Waals surface area contributed by atoms with E-state index in [0.29, 0.717) is 6.10 Å². The minimum absolute atomic E-state index is 0.342. The van der Waals surface area contributed by atoms with Crippen LogP contribution in [0, 0.1) is 5.92 Å². The van der Waals surface area contributed by atoms with Gasteiger partial charge in [-0.25, -0.2) is 0 Å². The summed E-state index contributed by atoms with van der Waals surface area (Å²) in [4.78, 5) is 2.56. The van der Waals surface area contributed by atoms with E-state index in [1.54, 1.807) is 7.11 Å². The minimum Gasteiger partial charge on any atom is -0.497 e. The first-order valence-corrected chi connectivity index (χ1v) is 7.94. The smallest absolute Gasteiger partial charge is 0.119 e. The lowest BCUT2D eigenvalue weighted by atomic mass is 10.0. The molecule has 116 valence electrons. The summed E-state index contributed by atoms with van der Waals surface area (Å²) >= 11 is 0. The van der Waals surface area contributed by atoms with Crippen molar-refractivity contribution < 1.29 is 14.2 Å². The van der Waals surface area contributed by atoms with Crippen molar-refractivity contribution in [2.75, 3.05) is 40.0 Å². The normalized spacial score (nSPS) is 24.1. The molecule has 1 atom stereocenters. The predicted octanol–water partition coefficient (Wildman–Crippen LogP) is 2.57. The molecule has 1 aromatic rings. The fourth-order valence-corrected chi connectivity index (χ4v) is 3.15. The zero-order valence-corrected chi connectivity index (χ0v) is 12.8. The number of rotatable bonds is 5. The maximum Gasteiger partial charge on any atom is 0.119 e. The van der Waals surface area contributed by atoms with Gasteiger partial charge in [-0.15, -0.1) is 0 Å². The quantitative estimate of drug-likeness (QED) is 0.834. The summed E-state index contributed by atoms with van der Waals surface area (Å²) in [6, 6.07) is 7.87. The molecule has 2 fully saturated rings. The van der Waals surface area contributed by atoms with E-state index in [0.717, 1.165) is 56.6 Å². The number of likely N-dealkylation sites (tertiary alicyclic amines) is 1. The van der Waals surface area contributed by atoms with E-state index in [4.69, 9.17) is 14.2 Å². The molecule has 4 heteroatoms. The molecule has 1 aromatic carbocycles. The zero-order chi connectivity index (χ0) is 14.5. The average molecular weight is 291 g/mol. The average Bonchev–Trinajstić information content (AvgIpc) is 3.03. The minimum atomic E-state index is 0.342. The van der Waals surface area contributed by atoms with Crippen LogP contribution in [-0.4, -0.2) is 51.0 Å². The van der Waals surface area contributed by atoms with Crippen LogP contribution in [0.5, 0.6) is 11.5 Å². The summed E-state index contributed by atoms with van der Waals surface area (Å²) in [5.74, 6) is 2.55. The highest BCUT2D eigenvalue weighted by molar-refractivity contribution is 5.31.